The first-order valence-corrected chi connectivity index (χ1v) is 31.1. The number of carbonyl (C=O) groups excluding carboxylic acids is 2. The molecule has 0 saturated heterocycles. The summed E-state index contributed by atoms with van der Waals surface area (Å²) < 4.78 is 17.5. The smallest absolute Gasteiger partial charge is 0.306 e. The Balaban J connectivity index is 4.40. The first-order valence-electron chi connectivity index (χ1n) is 31.1. The van der Waals surface area contributed by atoms with Crippen LogP contribution in [0.4, 0.5) is 0 Å². The van der Waals surface area contributed by atoms with Crippen LogP contribution in [-0.4, -0.2) is 37.9 Å². The summed E-state index contributed by atoms with van der Waals surface area (Å²) in [6.45, 7) is 7.53. The van der Waals surface area contributed by atoms with Crippen molar-refractivity contribution in [3.05, 3.63) is 122 Å². The molecule has 0 bridgehead atoms. The van der Waals surface area contributed by atoms with Crippen molar-refractivity contribution in [2.75, 3.05) is 19.8 Å². The summed E-state index contributed by atoms with van der Waals surface area (Å²) in [6.07, 6.45) is 89.5. The number of carbonyl (C=O) groups is 2. The molecular formula is C69H116O5. The summed E-state index contributed by atoms with van der Waals surface area (Å²) >= 11 is 0. The number of esters is 2. The van der Waals surface area contributed by atoms with Crippen LogP contribution in [0.3, 0.4) is 0 Å². The molecule has 0 aliphatic heterocycles. The SMILES string of the molecule is CC/C=C\C/C=C\C/C=C\C/C=C\C/C=C\CCCCCCOCC(COC(=O)CCCCC/C=C\C/C=C\C/C=C\C/C=C\C/C=C\CC)OC(=O)CCCCCCCCCCCCCCCCCCCCC. The minimum absolute atomic E-state index is 0.0526. The van der Waals surface area contributed by atoms with E-state index in [2.05, 4.69) is 142 Å². The fourth-order valence-electron chi connectivity index (χ4n) is 8.45. The average Bonchev–Trinajstić information content (AvgIpc) is 3.40. The minimum atomic E-state index is -0.572. The summed E-state index contributed by atoms with van der Waals surface area (Å²) in [5.41, 5.74) is 0. The Labute approximate surface area is 458 Å². The van der Waals surface area contributed by atoms with Crippen molar-refractivity contribution in [2.45, 2.75) is 284 Å². The second kappa shape index (κ2) is 63.6. The largest absolute Gasteiger partial charge is 0.462 e. The van der Waals surface area contributed by atoms with E-state index < -0.39 is 6.10 Å². The van der Waals surface area contributed by atoms with Gasteiger partial charge in [0, 0.05) is 19.4 Å². The number of unbranched alkanes of at least 4 members (excludes halogenated alkanes) is 25. The molecule has 5 heteroatoms. The molecule has 1 atom stereocenters. The summed E-state index contributed by atoms with van der Waals surface area (Å²) in [5, 5.41) is 0. The second-order valence-corrected chi connectivity index (χ2v) is 20.2. The van der Waals surface area contributed by atoms with Crippen molar-refractivity contribution in [3.63, 3.8) is 0 Å². The molecule has 0 spiro atoms. The molecule has 0 aromatic rings. The zero-order valence-electron chi connectivity index (χ0n) is 48.6. The van der Waals surface area contributed by atoms with Crippen LogP contribution in [-0.2, 0) is 23.8 Å². The highest BCUT2D eigenvalue weighted by Gasteiger charge is 2.17. The molecule has 0 aromatic heterocycles. The maximum atomic E-state index is 12.9. The average molecular weight is 1030 g/mol. The van der Waals surface area contributed by atoms with Crippen molar-refractivity contribution >= 4 is 11.9 Å². The van der Waals surface area contributed by atoms with Crippen LogP contribution in [0, 0.1) is 0 Å². The molecule has 422 valence electrons. The Morgan fingerprint density at radius 3 is 0.986 bits per heavy atom. The Bertz CT molecular complexity index is 1490. The molecule has 0 amide bonds. The van der Waals surface area contributed by atoms with Gasteiger partial charge in [0.25, 0.3) is 0 Å². The van der Waals surface area contributed by atoms with Crippen LogP contribution < -0.4 is 0 Å². The van der Waals surface area contributed by atoms with E-state index in [1.807, 2.05) is 0 Å². The third-order valence-electron chi connectivity index (χ3n) is 13.0. The third kappa shape index (κ3) is 60.9. The summed E-state index contributed by atoms with van der Waals surface area (Å²) in [7, 11) is 0. The Morgan fingerprint density at radius 1 is 0.311 bits per heavy atom. The lowest BCUT2D eigenvalue weighted by Gasteiger charge is -2.18. The molecule has 0 rings (SSSR count). The molecule has 0 saturated carbocycles. The highest BCUT2D eigenvalue weighted by Crippen LogP contribution is 2.16. The van der Waals surface area contributed by atoms with Gasteiger partial charge >= 0.3 is 11.9 Å². The monoisotopic (exact) mass is 1020 g/mol. The van der Waals surface area contributed by atoms with E-state index in [1.165, 1.54) is 116 Å². The van der Waals surface area contributed by atoms with Gasteiger partial charge in [-0.05, 0) is 109 Å². The number of ether oxygens (including phenoxy) is 3. The predicted molar refractivity (Wildman–Crippen MR) is 325 cm³/mol. The molecule has 0 N–H and O–H groups in total. The van der Waals surface area contributed by atoms with Gasteiger partial charge in [0.2, 0.25) is 0 Å². The Hall–Kier alpha value is -3.70. The molecule has 0 radical (unpaired) electrons. The quantitative estimate of drug-likeness (QED) is 0.0345. The van der Waals surface area contributed by atoms with E-state index in [0.717, 1.165) is 128 Å². The third-order valence-corrected chi connectivity index (χ3v) is 13.0. The standard InChI is InChI=1S/C69H116O5/c1-4-7-10-13-16-19-22-25-28-31-34-37-40-43-46-49-52-55-58-61-64-72-65-67(74-69(71)63-60-57-54-51-48-45-42-39-36-33-30-27-24-21-18-15-12-9-6-3)66-73-68(70)62-59-56-53-50-47-44-41-38-35-32-29-26-23-20-17-14-11-8-5-2/h7-8,10-11,16-17,19-20,25-26,28-29,34-35,37-38,43-44,46-47,67H,4-6,9,12-15,18,21-24,27,30-33,36,39-42,45,48-66H2,1-3H3/b10-7-,11-8-,19-16-,20-17-,28-25-,29-26-,37-34-,38-35-,46-43-,47-44-. The van der Waals surface area contributed by atoms with Gasteiger partial charge in [-0.2, -0.15) is 0 Å². The van der Waals surface area contributed by atoms with Crippen LogP contribution >= 0.6 is 0 Å². The van der Waals surface area contributed by atoms with Gasteiger partial charge < -0.3 is 14.2 Å². The topological polar surface area (TPSA) is 61.8 Å². The van der Waals surface area contributed by atoms with Gasteiger partial charge in [0.1, 0.15) is 6.61 Å². The van der Waals surface area contributed by atoms with E-state index in [0.29, 0.717) is 19.4 Å². The fraction of sp³-hybridized carbons (Fsp3) is 0.681. The van der Waals surface area contributed by atoms with Crippen molar-refractivity contribution in [1.82, 2.24) is 0 Å². The fourth-order valence-corrected chi connectivity index (χ4v) is 8.45. The molecule has 0 aromatic carbocycles. The highest BCUT2D eigenvalue weighted by atomic mass is 16.6. The number of allylic oxidation sites excluding steroid dienone is 20. The van der Waals surface area contributed by atoms with Crippen LogP contribution in [0.5, 0.6) is 0 Å². The van der Waals surface area contributed by atoms with E-state index in [-0.39, 0.29) is 25.2 Å². The molecule has 0 aliphatic rings. The lowest BCUT2D eigenvalue weighted by molar-refractivity contribution is -0.163. The molecule has 0 heterocycles. The molecule has 1 unspecified atom stereocenters. The van der Waals surface area contributed by atoms with Gasteiger partial charge in [0.05, 0.1) is 6.61 Å². The van der Waals surface area contributed by atoms with Gasteiger partial charge in [-0.25, -0.2) is 0 Å². The van der Waals surface area contributed by atoms with Crippen LogP contribution in [0.1, 0.15) is 278 Å². The predicted octanol–water partition coefficient (Wildman–Crippen LogP) is 21.7. The van der Waals surface area contributed by atoms with Gasteiger partial charge in [-0.15, -0.1) is 0 Å². The van der Waals surface area contributed by atoms with Crippen molar-refractivity contribution in [1.29, 1.82) is 0 Å². The first kappa shape index (κ1) is 70.3. The molecule has 74 heavy (non-hydrogen) atoms. The number of rotatable bonds is 56. The first-order chi connectivity index (χ1) is 36.6. The van der Waals surface area contributed by atoms with E-state index in [4.69, 9.17) is 14.2 Å². The van der Waals surface area contributed by atoms with Crippen molar-refractivity contribution in [2.24, 2.45) is 0 Å². The van der Waals surface area contributed by atoms with E-state index >= 15 is 0 Å². The van der Waals surface area contributed by atoms with Crippen LogP contribution in [0.15, 0.2) is 122 Å². The van der Waals surface area contributed by atoms with Gasteiger partial charge in [-0.3, -0.25) is 9.59 Å². The normalized spacial score (nSPS) is 13.1. The molecule has 5 nitrogen and oxygen atoms in total. The maximum Gasteiger partial charge on any atom is 0.306 e. The Morgan fingerprint density at radius 2 is 0.608 bits per heavy atom. The molecule has 0 fully saturated rings. The molecular weight excluding hydrogens is 909 g/mol. The van der Waals surface area contributed by atoms with Gasteiger partial charge in [0.15, 0.2) is 6.10 Å². The minimum Gasteiger partial charge on any atom is -0.462 e. The van der Waals surface area contributed by atoms with Gasteiger partial charge in [-0.1, -0.05) is 277 Å². The molecule has 0 aliphatic carbocycles. The van der Waals surface area contributed by atoms with E-state index in [9.17, 15) is 9.59 Å². The Kier molecular flexibility index (Phi) is 60.4. The number of hydrogen-bond donors (Lipinski definition) is 0. The summed E-state index contributed by atoms with van der Waals surface area (Å²) in [6, 6.07) is 0. The lowest BCUT2D eigenvalue weighted by Crippen LogP contribution is -2.30. The zero-order chi connectivity index (χ0) is 53.4. The second-order valence-electron chi connectivity index (χ2n) is 20.2. The summed E-state index contributed by atoms with van der Waals surface area (Å²) in [5.74, 6) is -0.445. The maximum absolute atomic E-state index is 12.9. The lowest BCUT2D eigenvalue weighted by atomic mass is 10.0. The van der Waals surface area contributed by atoms with E-state index in [1.54, 1.807) is 0 Å². The number of hydrogen-bond acceptors (Lipinski definition) is 5. The van der Waals surface area contributed by atoms with Crippen molar-refractivity contribution < 1.29 is 23.8 Å². The highest BCUT2D eigenvalue weighted by molar-refractivity contribution is 5.70. The zero-order valence-corrected chi connectivity index (χ0v) is 48.6. The van der Waals surface area contributed by atoms with Crippen molar-refractivity contribution in [3.8, 4) is 0 Å². The summed E-state index contributed by atoms with van der Waals surface area (Å²) in [4.78, 5) is 25.6. The van der Waals surface area contributed by atoms with Crippen LogP contribution in [0.25, 0.3) is 0 Å². The van der Waals surface area contributed by atoms with Crippen LogP contribution in [0.2, 0.25) is 0 Å².